The summed E-state index contributed by atoms with van der Waals surface area (Å²) in [6.45, 7) is 3.23. The topological polar surface area (TPSA) is 51.5 Å². The van der Waals surface area contributed by atoms with Crippen LogP contribution in [0.1, 0.15) is 12.5 Å². The quantitative estimate of drug-likeness (QED) is 0.773. The van der Waals surface area contributed by atoms with E-state index >= 15 is 0 Å². The largest absolute Gasteiger partial charge is 0.476 e. The van der Waals surface area contributed by atoms with E-state index in [2.05, 4.69) is 21.5 Å². The van der Waals surface area contributed by atoms with E-state index < -0.39 is 0 Å². The molecule has 5 nitrogen and oxygen atoms in total. The molecule has 3 heterocycles. The van der Waals surface area contributed by atoms with E-state index in [1.807, 2.05) is 48.1 Å². The Labute approximate surface area is 117 Å². The molecule has 20 heavy (non-hydrogen) atoms. The lowest BCUT2D eigenvalue weighted by Gasteiger charge is -2.10. The second-order valence-electron chi connectivity index (χ2n) is 4.34. The first kappa shape index (κ1) is 12.5. The Morgan fingerprint density at radius 2 is 2.20 bits per heavy atom. The van der Waals surface area contributed by atoms with Crippen molar-refractivity contribution in [1.82, 2.24) is 14.6 Å². The lowest BCUT2D eigenvalue weighted by Crippen LogP contribution is -2.03. The highest BCUT2D eigenvalue weighted by atomic mass is 16.5. The van der Waals surface area contributed by atoms with Gasteiger partial charge in [0.1, 0.15) is 0 Å². The van der Waals surface area contributed by atoms with Crippen molar-refractivity contribution in [3.63, 3.8) is 0 Å². The molecular weight excluding hydrogens is 252 g/mol. The standard InChI is InChI=1S/C15H16N4O/c1-2-20-15-13(6-5-8-16-15)17-10-12-11-18-19-9-4-3-7-14(12)19/h3-9,11,17H,2,10H2,1H3. The van der Waals surface area contributed by atoms with Gasteiger partial charge in [-0.1, -0.05) is 6.07 Å². The highest BCUT2D eigenvalue weighted by molar-refractivity contribution is 5.57. The molecule has 1 N–H and O–H groups in total. The zero-order valence-electron chi connectivity index (χ0n) is 11.3. The Bertz CT molecular complexity index is 708. The predicted octanol–water partition coefficient (Wildman–Crippen LogP) is 2.74. The van der Waals surface area contributed by atoms with Gasteiger partial charge in [-0.15, -0.1) is 0 Å². The molecule has 0 aliphatic carbocycles. The third-order valence-electron chi connectivity index (χ3n) is 3.03. The number of ether oxygens (including phenoxy) is 1. The van der Waals surface area contributed by atoms with Crippen molar-refractivity contribution in [2.75, 3.05) is 11.9 Å². The van der Waals surface area contributed by atoms with Crippen LogP contribution in [-0.4, -0.2) is 21.2 Å². The number of nitrogens with zero attached hydrogens (tertiary/aromatic N) is 3. The average molecular weight is 268 g/mol. The molecule has 0 unspecified atom stereocenters. The fraction of sp³-hybridized carbons (Fsp3) is 0.200. The summed E-state index contributed by atoms with van der Waals surface area (Å²) in [5.74, 6) is 0.631. The normalized spacial score (nSPS) is 10.7. The van der Waals surface area contributed by atoms with Gasteiger partial charge in [-0.3, -0.25) is 0 Å². The second kappa shape index (κ2) is 5.61. The summed E-state index contributed by atoms with van der Waals surface area (Å²) in [7, 11) is 0. The second-order valence-corrected chi connectivity index (χ2v) is 4.34. The Morgan fingerprint density at radius 1 is 1.25 bits per heavy atom. The molecule has 5 heteroatoms. The number of hydrogen-bond donors (Lipinski definition) is 1. The van der Waals surface area contributed by atoms with Gasteiger partial charge in [0.2, 0.25) is 5.88 Å². The zero-order chi connectivity index (χ0) is 13.8. The molecule has 102 valence electrons. The van der Waals surface area contributed by atoms with E-state index in [0.717, 1.165) is 16.8 Å². The highest BCUT2D eigenvalue weighted by Crippen LogP contribution is 2.22. The fourth-order valence-electron chi connectivity index (χ4n) is 2.09. The number of fused-ring (bicyclic) bond motifs is 1. The van der Waals surface area contributed by atoms with E-state index in [1.54, 1.807) is 6.20 Å². The maximum absolute atomic E-state index is 5.50. The minimum absolute atomic E-state index is 0.600. The minimum atomic E-state index is 0.600. The SMILES string of the molecule is CCOc1ncccc1NCc1cnn2ccccc12. The van der Waals surface area contributed by atoms with Gasteiger partial charge in [-0.2, -0.15) is 5.10 Å². The first-order valence-corrected chi connectivity index (χ1v) is 6.61. The van der Waals surface area contributed by atoms with Gasteiger partial charge in [0, 0.05) is 24.5 Å². The summed E-state index contributed by atoms with van der Waals surface area (Å²) in [6.07, 6.45) is 5.54. The van der Waals surface area contributed by atoms with Gasteiger partial charge in [0.25, 0.3) is 0 Å². The number of rotatable bonds is 5. The molecule has 3 rings (SSSR count). The molecule has 3 aromatic rings. The number of hydrogen-bond acceptors (Lipinski definition) is 4. The molecule has 0 bridgehead atoms. The number of nitrogens with one attached hydrogen (secondary N) is 1. The Morgan fingerprint density at radius 3 is 3.10 bits per heavy atom. The molecule has 3 aromatic heterocycles. The van der Waals surface area contributed by atoms with Crippen molar-refractivity contribution < 1.29 is 4.74 Å². The molecule has 0 radical (unpaired) electrons. The molecule has 0 spiro atoms. The van der Waals surface area contributed by atoms with Crippen LogP contribution in [0.4, 0.5) is 5.69 Å². The summed E-state index contributed by atoms with van der Waals surface area (Å²) in [5, 5.41) is 7.67. The molecule has 0 fully saturated rings. The lowest BCUT2D eigenvalue weighted by molar-refractivity contribution is 0.328. The maximum Gasteiger partial charge on any atom is 0.237 e. The first-order chi connectivity index (χ1) is 9.88. The third-order valence-corrected chi connectivity index (χ3v) is 3.03. The molecule has 0 saturated heterocycles. The van der Waals surface area contributed by atoms with Gasteiger partial charge in [-0.05, 0) is 31.2 Å². The van der Waals surface area contributed by atoms with E-state index in [0.29, 0.717) is 19.0 Å². The number of anilines is 1. The van der Waals surface area contributed by atoms with Gasteiger partial charge < -0.3 is 10.1 Å². The Kier molecular flexibility index (Phi) is 3.50. The molecule has 0 aliphatic heterocycles. The van der Waals surface area contributed by atoms with Crippen molar-refractivity contribution in [1.29, 1.82) is 0 Å². The number of aromatic nitrogens is 3. The van der Waals surface area contributed by atoms with Crippen LogP contribution in [0, 0.1) is 0 Å². The molecule has 0 atom stereocenters. The smallest absolute Gasteiger partial charge is 0.237 e. The van der Waals surface area contributed by atoms with Crippen molar-refractivity contribution in [2.45, 2.75) is 13.5 Å². The van der Waals surface area contributed by atoms with Crippen LogP contribution in [0.25, 0.3) is 5.52 Å². The molecule has 0 aromatic carbocycles. The molecular formula is C15H16N4O. The van der Waals surface area contributed by atoms with Crippen molar-refractivity contribution in [2.24, 2.45) is 0 Å². The monoisotopic (exact) mass is 268 g/mol. The van der Waals surface area contributed by atoms with Crippen LogP contribution in [0.5, 0.6) is 5.88 Å². The molecule has 0 aliphatic rings. The van der Waals surface area contributed by atoms with E-state index in [4.69, 9.17) is 4.74 Å². The summed E-state index contributed by atoms with van der Waals surface area (Å²) in [4.78, 5) is 4.23. The van der Waals surface area contributed by atoms with Crippen molar-refractivity contribution in [3.05, 3.63) is 54.5 Å². The van der Waals surface area contributed by atoms with Crippen LogP contribution in [0.3, 0.4) is 0 Å². The van der Waals surface area contributed by atoms with Gasteiger partial charge >= 0.3 is 0 Å². The Balaban J connectivity index is 1.80. The van der Waals surface area contributed by atoms with Crippen LogP contribution in [0.15, 0.2) is 48.9 Å². The lowest BCUT2D eigenvalue weighted by atomic mass is 10.2. The fourth-order valence-corrected chi connectivity index (χ4v) is 2.09. The predicted molar refractivity (Wildman–Crippen MR) is 77.9 cm³/mol. The summed E-state index contributed by atoms with van der Waals surface area (Å²) < 4.78 is 7.36. The van der Waals surface area contributed by atoms with Crippen molar-refractivity contribution in [3.8, 4) is 5.88 Å². The van der Waals surface area contributed by atoms with Crippen LogP contribution in [0.2, 0.25) is 0 Å². The maximum atomic E-state index is 5.50. The highest BCUT2D eigenvalue weighted by Gasteiger charge is 2.06. The van der Waals surface area contributed by atoms with E-state index in [1.165, 1.54) is 0 Å². The van der Waals surface area contributed by atoms with Crippen molar-refractivity contribution >= 4 is 11.2 Å². The number of pyridine rings is 2. The van der Waals surface area contributed by atoms with Gasteiger partial charge in [-0.25, -0.2) is 9.50 Å². The third kappa shape index (κ3) is 2.42. The average Bonchev–Trinajstić information content (AvgIpc) is 2.90. The Hall–Kier alpha value is -2.56. The van der Waals surface area contributed by atoms with Crippen LogP contribution in [-0.2, 0) is 6.54 Å². The summed E-state index contributed by atoms with van der Waals surface area (Å²) in [6, 6.07) is 9.88. The summed E-state index contributed by atoms with van der Waals surface area (Å²) >= 11 is 0. The van der Waals surface area contributed by atoms with Gasteiger partial charge in [0.05, 0.1) is 24.0 Å². The van der Waals surface area contributed by atoms with E-state index in [-0.39, 0.29) is 0 Å². The summed E-state index contributed by atoms with van der Waals surface area (Å²) in [5.41, 5.74) is 3.13. The minimum Gasteiger partial charge on any atom is -0.476 e. The first-order valence-electron chi connectivity index (χ1n) is 6.61. The van der Waals surface area contributed by atoms with Crippen LogP contribution >= 0.6 is 0 Å². The van der Waals surface area contributed by atoms with Crippen LogP contribution < -0.4 is 10.1 Å². The molecule has 0 amide bonds. The zero-order valence-corrected chi connectivity index (χ0v) is 11.3. The van der Waals surface area contributed by atoms with Gasteiger partial charge in [0.15, 0.2) is 0 Å². The molecule has 0 saturated carbocycles. The van der Waals surface area contributed by atoms with E-state index in [9.17, 15) is 0 Å².